The minimum atomic E-state index is -3.72. The van der Waals surface area contributed by atoms with E-state index in [1.807, 2.05) is 6.92 Å². The highest BCUT2D eigenvalue weighted by molar-refractivity contribution is 7.89. The van der Waals surface area contributed by atoms with Crippen molar-refractivity contribution in [2.75, 3.05) is 19.0 Å². The molecule has 0 saturated heterocycles. The van der Waals surface area contributed by atoms with Crippen molar-refractivity contribution in [1.82, 2.24) is 0 Å². The first-order valence-electron chi connectivity index (χ1n) is 5.06. The fourth-order valence-electron chi connectivity index (χ4n) is 1.30. The van der Waals surface area contributed by atoms with E-state index >= 15 is 0 Å². The second-order valence-electron chi connectivity index (χ2n) is 3.69. The first-order valence-corrected chi connectivity index (χ1v) is 6.60. The number of sulfonamides is 1. The molecule has 0 aliphatic heterocycles. The number of primary sulfonamides is 1. The lowest BCUT2D eigenvalue weighted by Gasteiger charge is -2.16. The molecule has 0 aliphatic carbocycles. The average molecular weight is 259 g/mol. The third-order valence-corrected chi connectivity index (χ3v) is 3.17. The molecule has 0 amide bonds. The molecule has 0 heterocycles. The van der Waals surface area contributed by atoms with Crippen LogP contribution in [0.3, 0.4) is 0 Å². The Morgan fingerprint density at radius 3 is 2.59 bits per heavy atom. The van der Waals surface area contributed by atoms with Gasteiger partial charge in [0, 0.05) is 12.6 Å². The summed E-state index contributed by atoms with van der Waals surface area (Å²) in [4.78, 5) is 0.0324. The molecule has 0 saturated carbocycles. The molecule has 0 aromatic heterocycles. The van der Waals surface area contributed by atoms with Crippen molar-refractivity contribution in [1.29, 1.82) is 0 Å². The minimum Gasteiger partial charge on any atom is -0.495 e. The van der Waals surface area contributed by atoms with Crippen LogP contribution in [0.4, 0.5) is 5.69 Å². The summed E-state index contributed by atoms with van der Waals surface area (Å²) in [6.45, 7) is 2.30. The Kier molecular flexibility index (Phi) is 4.33. The lowest BCUT2D eigenvalue weighted by atomic mass is 10.2. The molecule has 0 spiro atoms. The second-order valence-corrected chi connectivity index (χ2v) is 5.25. The zero-order valence-electron chi connectivity index (χ0n) is 9.80. The number of methoxy groups -OCH3 is 1. The normalized spacial score (nSPS) is 13.2. The van der Waals surface area contributed by atoms with Crippen LogP contribution in [0.25, 0.3) is 0 Å². The Bertz CT molecular complexity index is 488. The Morgan fingerprint density at radius 1 is 1.47 bits per heavy atom. The number of nitrogens with two attached hydrogens (primary N) is 2. The van der Waals surface area contributed by atoms with Crippen LogP contribution in [0.15, 0.2) is 23.1 Å². The molecular weight excluding hydrogens is 242 g/mol. The molecule has 17 heavy (non-hydrogen) atoms. The van der Waals surface area contributed by atoms with E-state index in [0.29, 0.717) is 18.0 Å². The topological polar surface area (TPSA) is 107 Å². The van der Waals surface area contributed by atoms with E-state index in [2.05, 4.69) is 5.32 Å². The largest absolute Gasteiger partial charge is 0.495 e. The van der Waals surface area contributed by atoms with Crippen LogP contribution < -0.4 is 20.9 Å². The molecule has 0 aliphatic rings. The fourth-order valence-corrected chi connectivity index (χ4v) is 1.84. The van der Waals surface area contributed by atoms with Crippen molar-refractivity contribution in [2.24, 2.45) is 10.9 Å². The van der Waals surface area contributed by atoms with Gasteiger partial charge in [-0.1, -0.05) is 0 Å². The summed E-state index contributed by atoms with van der Waals surface area (Å²) in [6.07, 6.45) is 0. The summed E-state index contributed by atoms with van der Waals surface area (Å²) in [5.41, 5.74) is 6.04. The number of ether oxygens (including phenoxy) is 1. The monoisotopic (exact) mass is 259 g/mol. The van der Waals surface area contributed by atoms with E-state index in [-0.39, 0.29) is 10.9 Å². The molecule has 0 radical (unpaired) electrons. The highest BCUT2D eigenvalue weighted by atomic mass is 32.2. The molecular formula is C10H17N3O3S. The van der Waals surface area contributed by atoms with E-state index in [1.165, 1.54) is 19.2 Å². The van der Waals surface area contributed by atoms with Crippen molar-refractivity contribution < 1.29 is 13.2 Å². The van der Waals surface area contributed by atoms with Crippen LogP contribution in [0, 0.1) is 0 Å². The van der Waals surface area contributed by atoms with E-state index in [4.69, 9.17) is 15.6 Å². The van der Waals surface area contributed by atoms with Crippen LogP contribution in [-0.4, -0.2) is 28.1 Å². The molecule has 96 valence electrons. The van der Waals surface area contributed by atoms with Gasteiger partial charge in [0.25, 0.3) is 0 Å². The molecule has 1 aromatic rings. The van der Waals surface area contributed by atoms with Crippen molar-refractivity contribution in [3.05, 3.63) is 18.2 Å². The maximum absolute atomic E-state index is 11.2. The highest BCUT2D eigenvalue weighted by Gasteiger charge is 2.12. The van der Waals surface area contributed by atoms with Crippen LogP contribution in [0.2, 0.25) is 0 Å². The number of anilines is 1. The SMILES string of the molecule is COc1ccc(S(N)(=O)=O)cc1NC(C)CN. The van der Waals surface area contributed by atoms with Crippen molar-refractivity contribution in [2.45, 2.75) is 17.9 Å². The van der Waals surface area contributed by atoms with Crippen LogP contribution in [-0.2, 0) is 10.0 Å². The third kappa shape index (κ3) is 3.58. The maximum atomic E-state index is 11.2. The van der Waals surface area contributed by atoms with Gasteiger partial charge in [-0.15, -0.1) is 0 Å². The highest BCUT2D eigenvalue weighted by Crippen LogP contribution is 2.27. The molecule has 7 heteroatoms. The molecule has 1 rings (SSSR count). The number of hydrogen-bond acceptors (Lipinski definition) is 5. The molecule has 1 atom stereocenters. The van der Waals surface area contributed by atoms with Gasteiger partial charge in [-0.3, -0.25) is 0 Å². The number of nitrogens with one attached hydrogen (secondary N) is 1. The Hall–Kier alpha value is -1.31. The van der Waals surface area contributed by atoms with E-state index in [1.54, 1.807) is 6.07 Å². The average Bonchev–Trinajstić information content (AvgIpc) is 2.27. The summed E-state index contributed by atoms with van der Waals surface area (Å²) >= 11 is 0. The van der Waals surface area contributed by atoms with Crippen LogP contribution >= 0.6 is 0 Å². The van der Waals surface area contributed by atoms with Gasteiger partial charge in [0.1, 0.15) is 5.75 Å². The minimum absolute atomic E-state index is 0.000344. The van der Waals surface area contributed by atoms with Crippen molar-refractivity contribution in [3.8, 4) is 5.75 Å². The predicted octanol–water partition coefficient (Wildman–Crippen LogP) is 0.102. The van der Waals surface area contributed by atoms with E-state index < -0.39 is 10.0 Å². The van der Waals surface area contributed by atoms with Crippen LogP contribution in [0.1, 0.15) is 6.92 Å². The molecule has 5 N–H and O–H groups in total. The van der Waals surface area contributed by atoms with Crippen molar-refractivity contribution in [3.63, 3.8) is 0 Å². The standard InChI is InChI=1S/C10H17N3O3S/c1-7(6-11)13-9-5-8(17(12,14)15)3-4-10(9)16-2/h3-5,7,13H,6,11H2,1-2H3,(H2,12,14,15). The molecule has 0 fully saturated rings. The first-order chi connectivity index (χ1) is 7.88. The summed E-state index contributed by atoms with van der Waals surface area (Å²) < 4.78 is 27.6. The maximum Gasteiger partial charge on any atom is 0.238 e. The fraction of sp³-hybridized carbons (Fsp3) is 0.400. The lowest BCUT2D eigenvalue weighted by molar-refractivity contribution is 0.415. The van der Waals surface area contributed by atoms with Gasteiger partial charge in [-0.05, 0) is 25.1 Å². The molecule has 1 unspecified atom stereocenters. The predicted molar refractivity (Wildman–Crippen MR) is 66.5 cm³/mol. The van der Waals surface area contributed by atoms with Crippen molar-refractivity contribution >= 4 is 15.7 Å². The molecule has 0 bridgehead atoms. The molecule has 1 aromatic carbocycles. The summed E-state index contributed by atoms with van der Waals surface area (Å²) in [7, 11) is -2.22. The Labute approximate surface area is 101 Å². The van der Waals surface area contributed by atoms with Gasteiger partial charge in [0.05, 0.1) is 17.7 Å². The van der Waals surface area contributed by atoms with Gasteiger partial charge in [0.15, 0.2) is 0 Å². The van der Waals surface area contributed by atoms with Crippen LogP contribution in [0.5, 0.6) is 5.75 Å². The van der Waals surface area contributed by atoms with Gasteiger partial charge >= 0.3 is 0 Å². The Morgan fingerprint density at radius 2 is 2.12 bits per heavy atom. The quantitative estimate of drug-likeness (QED) is 0.695. The lowest BCUT2D eigenvalue weighted by Crippen LogP contribution is -2.25. The number of benzene rings is 1. The summed E-state index contributed by atoms with van der Waals surface area (Å²) in [5.74, 6) is 0.540. The second kappa shape index (κ2) is 5.35. The smallest absolute Gasteiger partial charge is 0.238 e. The first kappa shape index (κ1) is 13.8. The molecule has 6 nitrogen and oxygen atoms in total. The van der Waals surface area contributed by atoms with Gasteiger partial charge < -0.3 is 15.8 Å². The zero-order valence-corrected chi connectivity index (χ0v) is 10.6. The van der Waals surface area contributed by atoms with E-state index in [9.17, 15) is 8.42 Å². The zero-order chi connectivity index (χ0) is 13.1. The summed E-state index contributed by atoms with van der Waals surface area (Å²) in [6, 6.07) is 4.37. The van der Waals surface area contributed by atoms with E-state index in [0.717, 1.165) is 0 Å². The van der Waals surface area contributed by atoms with Gasteiger partial charge in [-0.25, -0.2) is 13.6 Å². The van der Waals surface area contributed by atoms with Gasteiger partial charge in [0.2, 0.25) is 10.0 Å². The van der Waals surface area contributed by atoms with Gasteiger partial charge in [-0.2, -0.15) is 0 Å². The Balaban J connectivity index is 3.15. The number of rotatable bonds is 5. The number of hydrogen-bond donors (Lipinski definition) is 3. The summed E-state index contributed by atoms with van der Waals surface area (Å²) in [5, 5.41) is 8.11. The third-order valence-electron chi connectivity index (χ3n) is 2.25.